The molecule has 6 nitrogen and oxygen atoms in total. The van der Waals surface area contributed by atoms with E-state index in [0.717, 1.165) is 34.9 Å². The van der Waals surface area contributed by atoms with Crippen LogP contribution in [-0.2, 0) is 14.8 Å². The molecule has 3 rings (SSSR count). The summed E-state index contributed by atoms with van der Waals surface area (Å²) in [5.74, 6) is -0.416. The standard InChI is InChI=1S/C21H26ClN3O3S/c1-15-6-9-19(14-20(15)22)25(29(3,27)28)16(2)21(26)23-17-7-10-18(11-8-17)24-12-4-5-13-24/h6-11,14,16H,4-5,12-13H2,1-3H3,(H,23,26)/t16-/m0/s1. The van der Waals surface area contributed by atoms with Gasteiger partial charge in [0.15, 0.2) is 0 Å². The Morgan fingerprint density at radius 2 is 1.76 bits per heavy atom. The summed E-state index contributed by atoms with van der Waals surface area (Å²) < 4.78 is 25.9. The van der Waals surface area contributed by atoms with E-state index in [9.17, 15) is 13.2 Å². The van der Waals surface area contributed by atoms with Crippen LogP contribution in [0.15, 0.2) is 42.5 Å². The summed E-state index contributed by atoms with van der Waals surface area (Å²) in [6.45, 7) is 5.48. The van der Waals surface area contributed by atoms with Crippen molar-refractivity contribution in [2.45, 2.75) is 32.7 Å². The van der Waals surface area contributed by atoms with Crippen molar-refractivity contribution in [2.75, 3.05) is 33.9 Å². The van der Waals surface area contributed by atoms with Crippen LogP contribution in [0.3, 0.4) is 0 Å². The lowest BCUT2D eigenvalue weighted by Gasteiger charge is -2.28. The van der Waals surface area contributed by atoms with Gasteiger partial charge in [0.25, 0.3) is 0 Å². The van der Waals surface area contributed by atoms with Gasteiger partial charge in [-0.3, -0.25) is 9.10 Å². The molecule has 0 aromatic heterocycles. The van der Waals surface area contributed by atoms with E-state index >= 15 is 0 Å². The van der Waals surface area contributed by atoms with E-state index in [4.69, 9.17) is 11.6 Å². The normalized spacial score (nSPS) is 15.2. The number of rotatable bonds is 6. The predicted molar refractivity (Wildman–Crippen MR) is 119 cm³/mol. The lowest BCUT2D eigenvalue weighted by atomic mass is 10.2. The Morgan fingerprint density at radius 1 is 1.14 bits per heavy atom. The molecule has 2 aromatic carbocycles. The van der Waals surface area contributed by atoms with Crippen LogP contribution in [0.2, 0.25) is 5.02 Å². The third-order valence-electron chi connectivity index (χ3n) is 5.10. The zero-order chi connectivity index (χ0) is 21.2. The van der Waals surface area contributed by atoms with Crippen molar-refractivity contribution >= 4 is 44.6 Å². The van der Waals surface area contributed by atoms with Gasteiger partial charge >= 0.3 is 0 Å². The molecule has 1 atom stereocenters. The Kier molecular flexibility index (Phi) is 6.39. The van der Waals surface area contributed by atoms with Gasteiger partial charge < -0.3 is 10.2 Å². The van der Waals surface area contributed by atoms with E-state index in [0.29, 0.717) is 16.4 Å². The van der Waals surface area contributed by atoms with Gasteiger partial charge in [0, 0.05) is 29.5 Å². The summed E-state index contributed by atoms with van der Waals surface area (Å²) in [5, 5.41) is 3.26. The fraction of sp³-hybridized carbons (Fsp3) is 0.381. The molecule has 1 N–H and O–H groups in total. The summed E-state index contributed by atoms with van der Waals surface area (Å²) >= 11 is 6.16. The number of sulfonamides is 1. The highest BCUT2D eigenvalue weighted by Crippen LogP contribution is 2.27. The van der Waals surface area contributed by atoms with Crippen LogP contribution in [0, 0.1) is 6.92 Å². The van der Waals surface area contributed by atoms with E-state index < -0.39 is 22.0 Å². The Morgan fingerprint density at radius 3 is 2.31 bits per heavy atom. The number of anilines is 3. The van der Waals surface area contributed by atoms with Gasteiger partial charge in [-0.15, -0.1) is 0 Å². The second-order valence-corrected chi connectivity index (χ2v) is 9.67. The molecule has 2 aromatic rings. The molecule has 0 aliphatic carbocycles. The van der Waals surface area contributed by atoms with Crippen molar-refractivity contribution in [3.8, 4) is 0 Å². The lowest BCUT2D eigenvalue weighted by Crippen LogP contribution is -2.45. The molecule has 0 bridgehead atoms. The van der Waals surface area contributed by atoms with Gasteiger partial charge in [0.05, 0.1) is 11.9 Å². The monoisotopic (exact) mass is 435 g/mol. The summed E-state index contributed by atoms with van der Waals surface area (Å²) in [7, 11) is -3.69. The van der Waals surface area contributed by atoms with Crippen molar-refractivity contribution in [1.82, 2.24) is 0 Å². The quantitative estimate of drug-likeness (QED) is 0.743. The molecular formula is C21H26ClN3O3S. The SMILES string of the molecule is Cc1ccc(N([C@@H](C)C(=O)Nc2ccc(N3CCCC3)cc2)S(C)(=O)=O)cc1Cl. The summed E-state index contributed by atoms with van der Waals surface area (Å²) in [6, 6.07) is 11.6. The topological polar surface area (TPSA) is 69.7 Å². The molecule has 1 amide bonds. The molecule has 0 saturated carbocycles. The number of carbonyl (C=O) groups is 1. The molecule has 1 aliphatic rings. The van der Waals surface area contributed by atoms with Gasteiger partial charge in [-0.05, 0) is 68.7 Å². The number of nitrogens with one attached hydrogen (secondary N) is 1. The van der Waals surface area contributed by atoms with Crippen LogP contribution < -0.4 is 14.5 Å². The van der Waals surface area contributed by atoms with Crippen molar-refractivity contribution in [3.05, 3.63) is 53.1 Å². The molecule has 0 radical (unpaired) electrons. The molecular weight excluding hydrogens is 410 g/mol. The zero-order valence-electron chi connectivity index (χ0n) is 16.9. The van der Waals surface area contributed by atoms with Gasteiger partial charge in [-0.2, -0.15) is 0 Å². The Hall–Kier alpha value is -2.25. The van der Waals surface area contributed by atoms with Crippen LogP contribution in [0.1, 0.15) is 25.3 Å². The average molecular weight is 436 g/mol. The highest BCUT2D eigenvalue weighted by molar-refractivity contribution is 7.92. The second kappa shape index (κ2) is 8.63. The van der Waals surface area contributed by atoms with E-state index in [1.165, 1.54) is 12.8 Å². The minimum atomic E-state index is -3.69. The third-order valence-corrected chi connectivity index (χ3v) is 6.75. The zero-order valence-corrected chi connectivity index (χ0v) is 18.4. The van der Waals surface area contributed by atoms with Crippen molar-refractivity contribution in [3.63, 3.8) is 0 Å². The van der Waals surface area contributed by atoms with Crippen LogP contribution in [0.25, 0.3) is 0 Å². The maximum Gasteiger partial charge on any atom is 0.247 e. The van der Waals surface area contributed by atoms with E-state index in [1.54, 1.807) is 25.1 Å². The van der Waals surface area contributed by atoms with Gasteiger partial charge in [-0.25, -0.2) is 8.42 Å². The average Bonchev–Trinajstić information content (AvgIpc) is 3.19. The van der Waals surface area contributed by atoms with E-state index in [-0.39, 0.29) is 0 Å². The Labute approximate surface area is 177 Å². The molecule has 0 unspecified atom stereocenters. The molecule has 156 valence electrons. The van der Waals surface area contributed by atoms with Crippen LogP contribution in [-0.4, -0.2) is 39.7 Å². The number of hydrogen-bond donors (Lipinski definition) is 1. The molecule has 1 saturated heterocycles. The van der Waals surface area contributed by atoms with E-state index in [2.05, 4.69) is 10.2 Å². The molecule has 8 heteroatoms. The number of halogens is 1. The maximum absolute atomic E-state index is 12.8. The molecule has 1 fully saturated rings. The smallest absolute Gasteiger partial charge is 0.247 e. The first kappa shape index (κ1) is 21.5. The highest BCUT2D eigenvalue weighted by Gasteiger charge is 2.29. The minimum absolute atomic E-state index is 0.357. The summed E-state index contributed by atoms with van der Waals surface area (Å²) in [6.07, 6.45) is 3.47. The summed E-state index contributed by atoms with van der Waals surface area (Å²) in [5.41, 5.74) is 2.94. The lowest BCUT2D eigenvalue weighted by molar-refractivity contribution is -0.116. The first-order valence-corrected chi connectivity index (χ1v) is 11.8. The number of carbonyl (C=O) groups excluding carboxylic acids is 1. The number of aryl methyl sites for hydroxylation is 1. The Balaban J connectivity index is 1.77. The van der Waals surface area contributed by atoms with Crippen molar-refractivity contribution in [2.24, 2.45) is 0 Å². The maximum atomic E-state index is 12.8. The van der Waals surface area contributed by atoms with Gasteiger partial charge in [0.2, 0.25) is 15.9 Å². The first-order valence-electron chi connectivity index (χ1n) is 9.58. The summed E-state index contributed by atoms with van der Waals surface area (Å²) in [4.78, 5) is 15.1. The first-order chi connectivity index (χ1) is 13.7. The van der Waals surface area contributed by atoms with Crippen LogP contribution >= 0.6 is 11.6 Å². The fourth-order valence-electron chi connectivity index (χ4n) is 3.51. The number of benzene rings is 2. The van der Waals surface area contributed by atoms with E-state index in [1.807, 2.05) is 31.2 Å². The second-order valence-electron chi connectivity index (χ2n) is 7.40. The molecule has 1 heterocycles. The van der Waals surface area contributed by atoms with Gasteiger partial charge in [-0.1, -0.05) is 17.7 Å². The molecule has 0 spiro atoms. The molecule has 29 heavy (non-hydrogen) atoms. The van der Waals surface area contributed by atoms with Crippen molar-refractivity contribution in [1.29, 1.82) is 0 Å². The third kappa shape index (κ3) is 5.03. The van der Waals surface area contributed by atoms with Crippen LogP contribution in [0.4, 0.5) is 17.1 Å². The Bertz CT molecular complexity index is 987. The van der Waals surface area contributed by atoms with Gasteiger partial charge in [0.1, 0.15) is 6.04 Å². The largest absolute Gasteiger partial charge is 0.372 e. The predicted octanol–water partition coefficient (Wildman–Crippen LogP) is 4.04. The fourth-order valence-corrected chi connectivity index (χ4v) is 4.85. The molecule has 1 aliphatic heterocycles. The number of amides is 1. The minimum Gasteiger partial charge on any atom is -0.372 e. The number of hydrogen-bond acceptors (Lipinski definition) is 4. The van der Waals surface area contributed by atoms with Crippen LogP contribution in [0.5, 0.6) is 0 Å². The highest BCUT2D eigenvalue weighted by atomic mass is 35.5. The van der Waals surface area contributed by atoms with Crippen molar-refractivity contribution < 1.29 is 13.2 Å². The number of nitrogens with zero attached hydrogens (tertiary/aromatic N) is 2.